The zero-order valence-corrected chi connectivity index (χ0v) is 16.3. The second-order valence-corrected chi connectivity index (χ2v) is 6.44. The van der Waals surface area contributed by atoms with E-state index in [1.807, 2.05) is 20.3 Å². The summed E-state index contributed by atoms with van der Waals surface area (Å²) in [5.41, 5.74) is 1.31. The maximum atomic E-state index is 11.9. The molecule has 0 saturated heterocycles. The summed E-state index contributed by atoms with van der Waals surface area (Å²) >= 11 is 0. The van der Waals surface area contributed by atoms with Gasteiger partial charge in [-0.3, -0.25) is 15.1 Å². The molecule has 1 aromatic carbocycles. The minimum atomic E-state index is -0.510. The fourth-order valence-electron chi connectivity index (χ4n) is 2.25. The maximum Gasteiger partial charge on any atom is 0.411 e. The number of quaternary nitrogens is 1. The van der Waals surface area contributed by atoms with Gasteiger partial charge in [-0.05, 0) is 37.3 Å². The molecule has 1 aromatic rings. The van der Waals surface area contributed by atoms with E-state index in [0.29, 0.717) is 28.3 Å². The van der Waals surface area contributed by atoms with Crippen LogP contribution in [0.25, 0.3) is 0 Å². The monoisotopic (exact) mass is 388 g/mol. The quantitative estimate of drug-likeness (QED) is 0.291. The van der Waals surface area contributed by atoms with Crippen LogP contribution in [0.3, 0.4) is 0 Å². The highest BCUT2D eigenvalue weighted by atomic mass is 16.5. The van der Waals surface area contributed by atoms with Crippen LogP contribution in [0, 0.1) is 0 Å². The van der Waals surface area contributed by atoms with Gasteiger partial charge in [-0.25, -0.2) is 10.6 Å². The van der Waals surface area contributed by atoms with Gasteiger partial charge in [0.05, 0.1) is 27.3 Å². The number of ketones is 1. The summed E-state index contributed by atoms with van der Waals surface area (Å²) in [4.78, 5) is 23.3. The number of nitrogens with zero attached hydrogens (tertiary/aromatic N) is 3. The summed E-state index contributed by atoms with van der Waals surface area (Å²) in [5.74, 6) is 6.38. The molecule has 0 aliphatic carbocycles. The number of carbonyl (C=O) groups excluding carboxylic acids is 2. The lowest BCUT2D eigenvalue weighted by Gasteiger charge is -2.13. The van der Waals surface area contributed by atoms with Crippen molar-refractivity contribution in [2.45, 2.75) is 13.3 Å². The minimum Gasteiger partial charge on any atom is -0.493 e. The second-order valence-electron chi connectivity index (χ2n) is 6.44. The average Bonchev–Trinajstić information content (AvgIpc) is 3.01. The Morgan fingerprint density at radius 2 is 2.00 bits per heavy atom. The molecule has 0 atom stereocenters. The minimum absolute atomic E-state index is 0.111. The molecule has 150 valence electrons. The third-order valence-electron chi connectivity index (χ3n) is 3.65. The number of ether oxygens (including phenoxy) is 2. The van der Waals surface area contributed by atoms with Crippen LogP contribution in [0.4, 0.5) is 10.5 Å². The molecule has 0 aromatic heterocycles. The first-order valence-electron chi connectivity index (χ1n) is 8.83. The van der Waals surface area contributed by atoms with Gasteiger partial charge in [0.1, 0.15) is 23.9 Å². The highest BCUT2D eigenvalue weighted by Crippen LogP contribution is 2.16. The number of nitrogens with two attached hydrogens (primary N) is 1. The van der Waals surface area contributed by atoms with Crippen molar-refractivity contribution in [3.05, 3.63) is 48.4 Å². The van der Waals surface area contributed by atoms with Crippen molar-refractivity contribution in [3.8, 4) is 5.75 Å². The molecule has 1 aliphatic heterocycles. The van der Waals surface area contributed by atoms with E-state index in [0.717, 1.165) is 0 Å². The third-order valence-corrected chi connectivity index (χ3v) is 3.65. The van der Waals surface area contributed by atoms with Gasteiger partial charge in [-0.1, -0.05) is 5.10 Å². The standard InChI is InChI=1S/C19H25N5O4/c1-4-27-19(26)22-15-5-7-18(8-6-15)28-12-10-17(25)9-11-23(20)16-13-21-24(2,3)14-16/h5-9,11,13-14H,4,10,12,20H2,1-3H3/p+1. The van der Waals surface area contributed by atoms with Crippen molar-refractivity contribution in [3.63, 3.8) is 0 Å². The number of hydrogen-bond acceptors (Lipinski definition) is 7. The number of allylic oxidation sites excluding steroid dienone is 2. The Hall–Kier alpha value is -3.17. The molecule has 0 radical (unpaired) electrons. The summed E-state index contributed by atoms with van der Waals surface area (Å²) in [6, 6.07) is 6.79. The van der Waals surface area contributed by atoms with E-state index < -0.39 is 6.09 Å². The molecule has 0 bridgehead atoms. The van der Waals surface area contributed by atoms with Crippen molar-refractivity contribution in [2.75, 3.05) is 32.6 Å². The molecule has 9 nitrogen and oxygen atoms in total. The van der Waals surface area contributed by atoms with E-state index in [9.17, 15) is 9.59 Å². The van der Waals surface area contributed by atoms with Crippen molar-refractivity contribution >= 4 is 23.8 Å². The smallest absolute Gasteiger partial charge is 0.411 e. The van der Waals surface area contributed by atoms with Gasteiger partial charge in [0.2, 0.25) is 0 Å². The van der Waals surface area contributed by atoms with E-state index >= 15 is 0 Å². The van der Waals surface area contributed by atoms with Crippen molar-refractivity contribution in [1.82, 2.24) is 5.01 Å². The molecule has 1 amide bonds. The topological polar surface area (TPSA) is 106 Å². The largest absolute Gasteiger partial charge is 0.493 e. The number of carbonyl (C=O) groups is 2. The molecular weight excluding hydrogens is 362 g/mol. The number of hydrogen-bond donors (Lipinski definition) is 2. The average molecular weight is 388 g/mol. The lowest BCUT2D eigenvalue weighted by molar-refractivity contribution is -0.843. The van der Waals surface area contributed by atoms with Gasteiger partial charge in [0.15, 0.2) is 5.78 Å². The third kappa shape index (κ3) is 6.86. The molecule has 1 heterocycles. The van der Waals surface area contributed by atoms with Crippen LogP contribution >= 0.6 is 0 Å². The van der Waals surface area contributed by atoms with Crippen molar-refractivity contribution in [1.29, 1.82) is 0 Å². The summed E-state index contributed by atoms with van der Waals surface area (Å²) in [6.07, 6.45) is 6.12. The number of nitrogens with one attached hydrogen (secondary N) is 1. The highest BCUT2D eigenvalue weighted by molar-refractivity contribution is 5.89. The highest BCUT2D eigenvalue weighted by Gasteiger charge is 2.20. The first-order chi connectivity index (χ1) is 13.3. The molecule has 9 heteroatoms. The summed E-state index contributed by atoms with van der Waals surface area (Å²) in [7, 11) is 3.81. The predicted octanol–water partition coefficient (Wildman–Crippen LogP) is 2.20. The maximum absolute atomic E-state index is 11.9. The number of rotatable bonds is 9. The Kier molecular flexibility index (Phi) is 7.30. The fraction of sp³-hybridized carbons (Fsp3) is 0.316. The molecule has 2 rings (SSSR count). The van der Waals surface area contributed by atoms with Crippen LogP contribution in [-0.2, 0) is 9.53 Å². The predicted molar refractivity (Wildman–Crippen MR) is 106 cm³/mol. The van der Waals surface area contributed by atoms with Crippen LogP contribution in [0.5, 0.6) is 5.75 Å². The van der Waals surface area contributed by atoms with E-state index in [-0.39, 0.29) is 18.8 Å². The van der Waals surface area contributed by atoms with Crippen LogP contribution < -0.4 is 15.9 Å². The normalized spacial score (nSPS) is 14.6. The number of anilines is 1. The Morgan fingerprint density at radius 1 is 1.29 bits per heavy atom. The van der Waals surface area contributed by atoms with E-state index in [1.165, 1.54) is 17.3 Å². The molecule has 1 aliphatic rings. The van der Waals surface area contributed by atoms with Gasteiger partial charge in [0.25, 0.3) is 0 Å². The number of benzene rings is 1. The van der Waals surface area contributed by atoms with Gasteiger partial charge in [0, 0.05) is 18.3 Å². The van der Waals surface area contributed by atoms with E-state index in [4.69, 9.17) is 15.3 Å². The zero-order valence-electron chi connectivity index (χ0n) is 16.3. The number of hydrazine groups is 1. The Bertz CT molecular complexity index is 784. The molecule has 28 heavy (non-hydrogen) atoms. The van der Waals surface area contributed by atoms with Crippen LogP contribution in [-0.4, -0.2) is 55.0 Å². The molecule has 0 saturated carbocycles. The summed E-state index contributed by atoms with van der Waals surface area (Å²) in [5, 5.41) is 8.18. The molecule has 0 unspecified atom stereocenters. The lowest BCUT2D eigenvalue weighted by atomic mass is 10.3. The van der Waals surface area contributed by atoms with E-state index in [1.54, 1.807) is 37.4 Å². The van der Waals surface area contributed by atoms with Crippen molar-refractivity contribution < 1.29 is 23.7 Å². The fourth-order valence-corrected chi connectivity index (χ4v) is 2.25. The molecule has 0 fully saturated rings. The first kappa shape index (κ1) is 21.1. The van der Waals surface area contributed by atoms with Crippen molar-refractivity contribution in [2.24, 2.45) is 10.9 Å². The summed E-state index contributed by atoms with van der Waals surface area (Å²) in [6.45, 7) is 2.27. The van der Waals surface area contributed by atoms with Crippen LogP contribution in [0.1, 0.15) is 13.3 Å². The Labute approximate surface area is 164 Å². The Morgan fingerprint density at radius 3 is 2.61 bits per heavy atom. The zero-order chi connectivity index (χ0) is 20.6. The van der Waals surface area contributed by atoms with Crippen LogP contribution in [0.15, 0.2) is 53.5 Å². The number of amides is 1. The van der Waals surface area contributed by atoms with Gasteiger partial charge >= 0.3 is 6.09 Å². The Balaban J connectivity index is 1.73. The first-order valence-corrected chi connectivity index (χ1v) is 8.83. The van der Waals surface area contributed by atoms with Gasteiger partial charge < -0.3 is 9.47 Å². The molecule has 0 spiro atoms. The van der Waals surface area contributed by atoms with E-state index in [2.05, 4.69) is 10.4 Å². The molecule has 3 N–H and O–H groups in total. The van der Waals surface area contributed by atoms with Gasteiger partial charge in [-0.2, -0.15) is 4.59 Å². The van der Waals surface area contributed by atoms with Crippen LogP contribution in [0.2, 0.25) is 0 Å². The SMILES string of the molecule is CCOC(=O)Nc1ccc(OCCC(=O)C=CN(N)C2=C[N+](C)(C)N=C2)cc1. The van der Waals surface area contributed by atoms with Gasteiger partial charge in [-0.15, -0.1) is 0 Å². The summed E-state index contributed by atoms with van der Waals surface area (Å²) < 4.78 is 10.7. The lowest BCUT2D eigenvalue weighted by Crippen LogP contribution is -2.27. The second kappa shape index (κ2) is 9.67. The molecular formula is C19H26N5O4+.